The van der Waals surface area contributed by atoms with Gasteiger partial charge in [0.25, 0.3) is 0 Å². The molecule has 0 spiro atoms. The molecule has 0 bridgehead atoms. The first-order valence-corrected chi connectivity index (χ1v) is 5.28. The van der Waals surface area contributed by atoms with Gasteiger partial charge in [-0.2, -0.15) is 0 Å². The Labute approximate surface area is 106 Å². The van der Waals surface area contributed by atoms with Crippen molar-refractivity contribution in [2.75, 3.05) is 14.2 Å². The fourth-order valence-corrected chi connectivity index (χ4v) is 1.23. The van der Waals surface area contributed by atoms with E-state index in [0.29, 0.717) is 0 Å². The predicted octanol–water partition coefficient (Wildman–Crippen LogP) is 2.06. The van der Waals surface area contributed by atoms with E-state index >= 15 is 0 Å². The maximum Gasteiger partial charge on any atom is 0.330 e. The zero-order chi connectivity index (χ0) is 13.4. The van der Waals surface area contributed by atoms with Crippen LogP contribution in [-0.4, -0.2) is 26.2 Å². The van der Waals surface area contributed by atoms with E-state index in [1.807, 2.05) is 24.3 Å². The van der Waals surface area contributed by atoms with Crippen LogP contribution < -0.4 is 0 Å². The van der Waals surface area contributed by atoms with E-state index in [9.17, 15) is 9.59 Å². The van der Waals surface area contributed by atoms with E-state index in [-0.39, 0.29) is 0 Å². The van der Waals surface area contributed by atoms with E-state index in [0.717, 1.165) is 11.1 Å². The number of ether oxygens (including phenoxy) is 2. The number of esters is 2. The lowest BCUT2D eigenvalue weighted by molar-refractivity contribution is -0.135. The van der Waals surface area contributed by atoms with Crippen molar-refractivity contribution in [3.63, 3.8) is 0 Å². The summed E-state index contributed by atoms with van der Waals surface area (Å²) in [5.74, 6) is -0.823. The van der Waals surface area contributed by atoms with Crippen LogP contribution in [0.25, 0.3) is 12.2 Å². The van der Waals surface area contributed by atoms with Crippen molar-refractivity contribution in [2.45, 2.75) is 0 Å². The lowest BCUT2D eigenvalue weighted by atomic mass is 10.1. The highest BCUT2D eigenvalue weighted by molar-refractivity contribution is 5.88. The molecule has 0 N–H and O–H groups in total. The molecule has 1 aromatic rings. The van der Waals surface area contributed by atoms with E-state index in [1.165, 1.54) is 26.4 Å². The minimum Gasteiger partial charge on any atom is -0.466 e. The molecule has 0 radical (unpaired) electrons. The maximum atomic E-state index is 10.9. The van der Waals surface area contributed by atoms with Gasteiger partial charge in [0.1, 0.15) is 0 Å². The summed E-state index contributed by atoms with van der Waals surface area (Å²) in [5.41, 5.74) is 1.68. The number of benzene rings is 1. The fraction of sp³-hybridized carbons (Fsp3) is 0.143. The minimum atomic E-state index is -0.412. The molecule has 18 heavy (non-hydrogen) atoms. The first kappa shape index (κ1) is 13.7. The van der Waals surface area contributed by atoms with Crippen LogP contribution >= 0.6 is 0 Å². The molecule has 4 nitrogen and oxygen atoms in total. The summed E-state index contributed by atoms with van der Waals surface area (Å²) in [7, 11) is 2.64. The molecule has 1 rings (SSSR count). The molecule has 0 fully saturated rings. The Balaban J connectivity index is 2.79. The average molecular weight is 246 g/mol. The summed E-state index contributed by atoms with van der Waals surface area (Å²) in [6.45, 7) is 0. The van der Waals surface area contributed by atoms with Crippen molar-refractivity contribution in [2.24, 2.45) is 0 Å². The first-order chi connectivity index (χ1) is 8.65. The number of hydrogen-bond donors (Lipinski definition) is 0. The van der Waals surface area contributed by atoms with Gasteiger partial charge in [0, 0.05) is 12.2 Å². The lowest BCUT2D eigenvalue weighted by Gasteiger charge is -1.97. The molecule has 0 aliphatic rings. The Hall–Kier alpha value is -2.36. The molecule has 0 amide bonds. The SMILES string of the molecule is COC(=O)C=Cc1cccc(C=CC(=O)OC)c1. The maximum absolute atomic E-state index is 10.9. The van der Waals surface area contributed by atoms with Crippen molar-refractivity contribution in [3.8, 4) is 0 Å². The second-order valence-electron chi connectivity index (χ2n) is 3.38. The summed E-state index contributed by atoms with van der Waals surface area (Å²) >= 11 is 0. The van der Waals surface area contributed by atoms with Crippen LogP contribution in [0.5, 0.6) is 0 Å². The van der Waals surface area contributed by atoms with Crippen molar-refractivity contribution >= 4 is 24.1 Å². The van der Waals surface area contributed by atoms with Gasteiger partial charge >= 0.3 is 11.9 Å². The fourth-order valence-electron chi connectivity index (χ4n) is 1.23. The molecular formula is C14H14O4. The highest BCUT2D eigenvalue weighted by Crippen LogP contribution is 2.09. The summed E-state index contributed by atoms with van der Waals surface area (Å²) < 4.78 is 8.99. The second kappa shape index (κ2) is 7.06. The molecule has 0 unspecified atom stereocenters. The molecule has 94 valence electrons. The Morgan fingerprint density at radius 3 is 1.78 bits per heavy atom. The molecule has 0 saturated heterocycles. The summed E-state index contributed by atoms with van der Waals surface area (Å²) in [6.07, 6.45) is 5.95. The van der Waals surface area contributed by atoms with Gasteiger partial charge in [-0.3, -0.25) is 0 Å². The van der Waals surface area contributed by atoms with Crippen LogP contribution in [0.2, 0.25) is 0 Å². The van der Waals surface area contributed by atoms with Crippen LogP contribution in [0.4, 0.5) is 0 Å². The van der Waals surface area contributed by atoms with E-state index in [4.69, 9.17) is 0 Å². The molecular weight excluding hydrogens is 232 g/mol. The van der Waals surface area contributed by atoms with Crippen molar-refractivity contribution in [1.29, 1.82) is 0 Å². The third-order valence-electron chi connectivity index (χ3n) is 2.14. The Morgan fingerprint density at radius 1 is 0.944 bits per heavy atom. The van der Waals surface area contributed by atoms with Crippen molar-refractivity contribution < 1.29 is 19.1 Å². The van der Waals surface area contributed by atoms with Gasteiger partial charge in [0.15, 0.2) is 0 Å². The van der Waals surface area contributed by atoms with E-state index < -0.39 is 11.9 Å². The Bertz CT molecular complexity index is 445. The number of carbonyl (C=O) groups excluding carboxylic acids is 2. The molecule has 0 saturated carbocycles. The van der Waals surface area contributed by atoms with Crippen LogP contribution in [0.3, 0.4) is 0 Å². The predicted molar refractivity (Wildman–Crippen MR) is 68.5 cm³/mol. The molecule has 0 heterocycles. The van der Waals surface area contributed by atoms with Crippen molar-refractivity contribution in [1.82, 2.24) is 0 Å². The molecule has 4 heteroatoms. The van der Waals surface area contributed by atoms with Gasteiger partial charge in [0.05, 0.1) is 14.2 Å². The minimum absolute atomic E-state index is 0.412. The Kier molecular flexibility index (Phi) is 5.38. The largest absolute Gasteiger partial charge is 0.466 e. The topological polar surface area (TPSA) is 52.6 Å². The summed E-state index contributed by atoms with van der Waals surface area (Å²) in [4.78, 5) is 21.9. The number of rotatable bonds is 4. The standard InChI is InChI=1S/C14H14O4/c1-17-13(15)8-6-11-4-3-5-12(10-11)7-9-14(16)18-2/h3-10H,1-2H3. The smallest absolute Gasteiger partial charge is 0.330 e. The third-order valence-corrected chi connectivity index (χ3v) is 2.14. The highest BCUT2D eigenvalue weighted by atomic mass is 16.5. The monoisotopic (exact) mass is 246 g/mol. The van der Waals surface area contributed by atoms with Gasteiger partial charge in [-0.1, -0.05) is 18.2 Å². The lowest BCUT2D eigenvalue weighted by Crippen LogP contribution is -1.93. The second-order valence-corrected chi connectivity index (χ2v) is 3.38. The number of carbonyl (C=O) groups is 2. The first-order valence-electron chi connectivity index (χ1n) is 5.28. The average Bonchev–Trinajstić information content (AvgIpc) is 2.42. The van der Waals surface area contributed by atoms with Gasteiger partial charge < -0.3 is 9.47 Å². The van der Waals surface area contributed by atoms with Crippen LogP contribution in [0.1, 0.15) is 11.1 Å². The molecule has 0 aliphatic carbocycles. The van der Waals surface area contributed by atoms with E-state index in [2.05, 4.69) is 9.47 Å². The summed E-state index contributed by atoms with van der Waals surface area (Å²) in [5, 5.41) is 0. The zero-order valence-corrected chi connectivity index (χ0v) is 10.3. The normalized spacial score (nSPS) is 10.8. The molecule has 0 aromatic heterocycles. The Morgan fingerprint density at radius 2 is 1.39 bits per heavy atom. The number of methoxy groups -OCH3 is 2. The van der Waals surface area contributed by atoms with Crippen molar-refractivity contribution in [3.05, 3.63) is 47.5 Å². The highest BCUT2D eigenvalue weighted by Gasteiger charge is 1.95. The van der Waals surface area contributed by atoms with Gasteiger partial charge in [-0.15, -0.1) is 0 Å². The zero-order valence-electron chi connectivity index (χ0n) is 10.3. The molecule has 1 aromatic carbocycles. The van der Waals surface area contributed by atoms with E-state index in [1.54, 1.807) is 12.2 Å². The van der Waals surface area contributed by atoms with Crippen LogP contribution in [0.15, 0.2) is 36.4 Å². The third kappa shape index (κ3) is 4.65. The van der Waals surface area contributed by atoms with Gasteiger partial charge in [-0.05, 0) is 29.3 Å². The number of hydrogen-bond acceptors (Lipinski definition) is 4. The van der Waals surface area contributed by atoms with Gasteiger partial charge in [-0.25, -0.2) is 9.59 Å². The quantitative estimate of drug-likeness (QED) is 0.602. The van der Waals surface area contributed by atoms with Gasteiger partial charge in [0.2, 0.25) is 0 Å². The van der Waals surface area contributed by atoms with Crippen LogP contribution in [0, 0.1) is 0 Å². The summed E-state index contributed by atoms with van der Waals surface area (Å²) in [6, 6.07) is 7.34. The molecule has 0 aliphatic heterocycles. The van der Waals surface area contributed by atoms with Crippen LogP contribution in [-0.2, 0) is 19.1 Å². The molecule has 0 atom stereocenters.